The Kier molecular flexibility index (Phi) is 1.94. The monoisotopic (exact) mass is 172 g/mol. The van der Waals surface area contributed by atoms with E-state index in [4.69, 9.17) is 5.26 Å². The average molecular weight is 172 g/mol. The minimum atomic E-state index is 0.709. The van der Waals surface area contributed by atoms with Crippen LogP contribution in [0, 0.1) is 11.3 Å². The molecule has 2 nitrogen and oxygen atoms in total. The number of nitriles is 1. The highest BCUT2D eigenvalue weighted by atomic mass is 14.8. The van der Waals surface area contributed by atoms with Crippen molar-refractivity contribution in [2.24, 2.45) is 0 Å². The number of nitrogens with zero attached hydrogens (tertiary/aromatic N) is 1. The number of benzene rings is 1. The molecule has 1 aromatic carbocycles. The van der Waals surface area contributed by atoms with Gasteiger partial charge in [0.25, 0.3) is 0 Å². The zero-order valence-electron chi connectivity index (χ0n) is 7.67. The Morgan fingerprint density at radius 3 is 2.69 bits per heavy atom. The Hall–Kier alpha value is -1.49. The van der Waals surface area contributed by atoms with Crippen LogP contribution in [0.15, 0.2) is 18.2 Å². The normalized spacial score (nSPS) is 15.1. The van der Waals surface area contributed by atoms with E-state index in [0.717, 1.165) is 11.3 Å². The van der Waals surface area contributed by atoms with Crippen LogP contribution in [0.1, 0.15) is 29.9 Å². The van der Waals surface area contributed by atoms with E-state index in [1.165, 1.54) is 18.4 Å². The molecule has 0 atom stereocenters. The molecule has 0 bridgehead atoms. The summed E-state index contributed by atoms with van der Waals surface area (Å²) in [5.41, 5.74) is 3.11. The Labute approximate surface area is 78.2 Å². The number of anilines is 1. The van der Waals surface area contributed by atoms with Crippen molar-refractivity contribution in [1.82, 2.24) is 0 Å². The predicted molar refractivity (Wildman–Crippen MR) is 52.7 cm³/mol. The lowest BCUT2D eigenvalue weighted by Gasteiger charge is -2.04. The van der Waals surface area contributed by atoms with Gasteiger partial charge in [0.2, 0.25) is 0 Å². The first-order valence-electron chi connectivity index (χ1n) is 4.56. The fourth-order valence-corrected chi connectivity index (χ4v) is 1.51. The molecule has 0 aromatic heterocycles. The summed E-state index contributed by atoms with van der Waals surface area (Å²) in [6.07, 6.45) is 2.55. The van der Waals surface area contributed by atoms with E-state index >= 15 is 0 Å². The van der Waals surface area contributed by atoms with Crippen LogP contribution in [0.4, 0.5) is 5.69 Å². The number of rotatable bonds is 2. The van der Waals surface area contributed by atoms with Crippen LogP contribution in [0.5, 0.6) is 0 Å². The molecule has 1 N–H and O–H groups in total. The van der Waals surface area contributed by atoms with Crippen LogP contribution >= 0.6 is 0 Å². The standard InChI is InChI=1S/C11H12N2/c1-13-11-5-8(7-12)4-10(6-11)9-2-3-9/h4-6,9,13H,2-3H2,1H3. The molecule has 66 valence electrons. The first-order chi connectivity index (χ1) is 6.33. The molecule has 0 heterocycles. The maximum Gasteiger partial charge on any atom is 0.0992 e. The maximum atomic E-state index is 8.81. The fourth-order valence-electron chi connectivity index (χ4n) is 1.51. The van der Waals surface area contributed by atoms with Gasteiger partial charge in [-0.2, -0.15) is 5.26 Å². The third-order valence-corrected chi connectivity index (χ3v) is 2.42. The Morgan fingerprint density at radius 2 is 2.15 bits per heavy atom. The third kappa shape index (κ3) is 1.65. The molecule has 0 amide bonds. The van der Waals surface area contributed by atoms with Crippen molar-refractivity contribution in [2.75, 3.05) is 12.4 Å². The summed E-state index contributed by atoms with van der Waals surface area (Å²) < 4.78 is 0. The van der Waals surface area contributed by atoms with Gasteiger partial charge >= 0.3 is 0 Å². The minimum Gasteiger partial charge on any atom is -0.388 e. The summed E-state index contributed by atoms with van der Waals surface area (Å²) in [5.74, 6) is 0.709. The van der Waals surface area contributed by atoms with E-state index in [1.54, 1.807) is 0 Å². The first-order valence-corrected chi connectivity index (χ1v) is 4.56. The zero-order valence-corrected chi connectivity index (χ0v) is 7.67. The summed E-state index contributed by atoms with van der Waals surface area (Å²) in [7, 11) is 1.88. The van der Waals surface area contributed by atoms with Crippen LogP contribution < -0.4 is 5.32 Å². The molecule has 0 unspecified atom stereocenters. The highest BCUT2D eigenvalue weighted by Crippen LogP contribution is 2.41. The van der Waals surface area contributed by atoms with E-state index in [0.29, 0.717) is 5.92 Å². The Bertz CT molecular complexity index is 359. The minimum absolute atomic E-state index is 0.709. The molecular formula is C11H12N2. The second-order valence-corrected chi connectivity index (χ2v) is 3.48. The summed E-state index contributed by atoms with van der Waals surface area (Å²) in [6, 6.07) is 8.20. The van der Waals surface area contributed by atoms with E-state index in [9.17, 15) is 0 Å². The van der Waals surface area contributed by atoms with Gasteiger partial charge in [-0.1, -0.05) is 0 Å². The van der Waals surface area contributed by atoms with Crippen molar-refractivity contribution in [3.05, 3.63) is 29.3 Å². The summed E-state index contributed by atoms with van der Waals surface area (Å²) in [4.78, 5) is 0. The van der Waals surface area contributed by atoms with Crippen LogP contribution in [-0.2, 0) is 0 Å². The first kappa shape index (κ1) is 8.12. The summed E-state index contributed by atoms with van der Waals surface area (Å²) in [5, 5.41) is 11.9. The van der Waals surface area contributed by atoms with Gasteiger partial charge in [0.1, 0.15) is 0 Å². The molecule has 1 aromatic rings. The quantitative estimate of drug-likeness (QED) is 0.743. The molecule has 0 spiro atoms. The smallest absolute Gasteiger partial charge is 0.0992 e. The molecule has 1 saturated carbocycles. The number of hydrogen-bond acceptors (Lipinski definition) is 2. The molecular weight excluding hydrogens is 160 g/mol. The molecule has 1 fully saturated rings. The SMILES string of the molecule is CNc1cc(C#N)cc(C2CC2)c1. The molecule has 2 heteroatoms. The van der Waals surface area contributed by atoms with Gasteiger partial charge < -0.3 is 5.32 Å². The lowest BCUT2D eigenvalue weighted by atomic mass is 10.1. The van der Waals surface area contributed by atoms with Crippen LogP contribution in [-0.4, -0.2) is 7.05 Å². The molecule has 1 aliphatic rings. The molecule has 0 aliphatic heterocycles. The van der Waals surface area contributed by atoms with Crippen molar-refractivity contribution in [2.45, 2.75) is 18.8 Å². The van der Waals surface area contributed by atoms with Gasteiger partial charge in [0, 0.05) is 12.7 Å². The van der Waals surface area contributed by atoms with Gasteiger partial charge in [-0.15, -0.1) is 0 Å². The zero-order chi connectivity index (χ0) is 9.26. The second kappa shape index (κ2) is 3.10. The lowest BCUT2D eigenvalue weighted by molar-refractivity contribution is 1.13. The number of nitrogens with one attached hydrogen (secondary N) is 1. The Balaban J connectivity index is 2.40. The van der Waals surface area contributed by atoms with Crippen molar-refractivity contribution in [1.29, 1.82) is 5.26 Å². The highest BCUT2D eigenvalue weighted by Gasteiger charge is 2.23. The topological polar surface area (TPSA) is 35.8 Å². The van der Waals surface area contributed by atoms with Gasteiger partial charge in [-0.25, -0.2) is 0 Å². The molecule has 1 aliphatic carbocycles. The van der Waals surface area contributed by atoms with E-state index < -0.39 is 0 Å². The van der Waals surface area contributed by atoms with Crippen molar-refractivity contribution >= 4 is 5.69 Å². The van der Waals surface area contributed by atoms with Crippen LogP contribution in [0.3, 0.4) is 0 Å². The molecule has 2 rings (SSSR count). The van der Waals surface area contributed by atoms with Crippen LogP contribution in [0.2, 0.25) is 0 Å². The summed E-state index contributed by atoms with van der Waals surface area (Å²) in [6.45, 7) is 0. The summed E-state index contributed by atoms with van der Waals surface area (Å²) >= 11 is 0. The molecule has 0 saturated heterocycles. The largest absolute Gasteiger partial charge is 0.388 e. The Morgan fingerprint density at radius 1 is 1.38 bits per heavy atom. The number of hydrogen-bond donors (Lipinski definition) is 1. The van der Waals surface area contributed by atoms with Gasteiger partial charge in [-0.3, -0.25) is 0 Å². The fraction of sp³-hybridized carbons (Fsp3) is 0.364. The maximum absolute atomic E-state index is 8.81. The molecule has 0 radical (unpaired) electrons. The van der Waals surface area contributed by atoms with E-state index in [-0.39, 0.29) is 0 Å². The highest BCUT2D eigenvalue weighted by molar-refractivity contribution is 5.53. The lowest BCUT2D eigenvalue weighted by Crippen LogP contribution is -1.91. The second-order valence-electron chi connectivity index (χ2n) is 3.48. The van der Waals surface area contributed by atoms with Crippen molar-refractivity contribution < 1.29 is 0 Å². The van der Waals surface area contributed by atoms with Crippen LogP contribution in [0.25, 0.3) is 0 Å². The third-order valence-electron chi connectivity index (χ3n) is 2.42. The van der Waals surface area contributed by atoms with Gasteiger partial charge in [0.05, 0.1) is 11.6 Å². The van der Waals surface area contributed by atoms with E-state index in [1.807, 2.05) is 19.2 Å². The van der Waals surface area contributed by atoms with Crippen molar-refractivity contribution in [3.63, 3.8) is 0 Å². The molecule has 13 heavy (non-hydrogen) atoms. The average Bonchev–Trinajstić information content (AvgIpc) is 3.00. The van der Waals surface area contributed by atoms with E-state index in [2.05, 4.69) is 17.5 Å². The van der Waals surface area contributed by atoms with Gasteiger partial charge in [0.15, 0.2) is 0 Å². The van der Waals surface area contributed by atoms with Crippen molar-refractivity contribution in [3.8, 4) is 6.07 Å². The van der Waals surface area contributed by atoms with Gasteiger partial charge in [-0.05, 0) is 42.5 Å². The predicted octanol–water partition coefficient (Wildman–Crippen LogP) is 2.48.